The van der Waals surface area contributed by atoms with Gasteiger partial charge in [0, 0.05) is 6.61 Å². The van der Waals surface area contributed by atoms with Crippen molar-refractivity contribution in [1.82, 2.24) is 0 Å². The molecule has 0 atom stereocenters. The second kappa shape index (κ2) is 7.27. The SMILES string of the molecule is CCCOCOCS. The Morgan fingerprint density at radius 3 is 2.62 bits per heavy atom. The van der Waals surface area contributed by atoms with Crippen LogP contribution < -0.4 is 0 Å². The molecule has 0 aliphatic carbocycles. The molecule has 0 heterocycles. The van der Waals surface area contributed by atoms with Crippen LogP contribution in [0, 0.1) is 0 Å². The van der Waals surface area contributed by atoms with Crippen molar-refractivity contribution in [3.05, 3.63) is 0 Å². The van der Waals surface area contributed by atoms with Crippen molar-refractivity contribution in [3.63, 3.8) is 0 Å². The van der Waals surface area contributed by atoms with Crippen molar-refractivity contribution >= 4 is 12.6 Å². The molecule has 0 unspecified atom stereocenters. The van der Waals surface area contributed by atoms with Gasteiger partial charge in [-0.3, -0.25) is 0 Å². The van der Waals surface area contributed by atoms with Gasteiger partial charge < -0.3 is 9.47 Å². The summed E-state index contributed by atoms with van der Waals surface area (Å²) in [7, 11) is 0. The number of rotatable bonds is 5. The van der Waals surface area contributed by atoms with Gasteiger partial charge in [0.15, 0.2) is 0 Å². The molecule has 0 aromatic rings. The minimum atomic E-state index is 0.372. The highest BCUT2D eigenvalue weighted by Crippen LogP contribution is 1.82. The molecule has 0 amide bonds. The summed E-state index contributed by atoms with van der Waals surface area (Å²) < 4.78 is 9.73. The molecule has 2 nitrogen and oxygen atoms in total. The summed E-state index contributed by atoms with van der Waals surface area (Å²) in [6.45, 7) is 3.20. The number of hydrogen-bond acceptors (Lipinski definition) is 3. The lowest BCUT2D eigenvalue weighted by Crippen LogP contribution is -1.98. The van der Waals surface area contributed by atoms with Gasteiger partial charge in [-0.1, -0.05) is 6.92 Å². The lowest BCUT2D eigenvalue weighted by Gasteiger charge is -1.99. The summed E-state index contributed by atoms with van der Waals surface area (Å²) >= 11 is 3.82. The van der Waals surface area contributed by atoms with Gasteiger partial charge in [-0.15, -0.1) is 0 Å². The van der Waals surface area contributed by atoms with Crippen molar-refractivity contribution < 1.29 is 9.47 Å². The Kier molecular flexibility index (Phi) is 7.52. The van der Waals surface area contributed by atoms with Gasteiger partial charge in [0.25, 0.3) is 0 Å². The quantitative estimate of drug-likeness (QED) is 0.348. The van der Waals surface area contributed by atoms with Gasteiger partial charge in [0.2, 0.25) is 0 Å². The Balaban J connectivity index is 2.53. The second-order valence-corrected chi connectivity index (χ2v) is 1.62. The third-order valence-corrected chi connectivity index (χ3v) is 0.789. The standard InChI is InChI=1S/C5H12O2S/c1-2-3-6-4-7-5-8/h8H,2-5H2,1H3. The zero-order chi connectivity index (χ0) is 6.24. The number of thiol groups is 1. The van der Waals surface area contributed by atoms with Crippen molar-refractivity contribution in [2.24, 2.45) is 0 Å². The van der Waals surface area contributed by atoms with Crippen LogP contribution in [0.4, 0.5) is 0 Å². The molecule has 0 saturated heterocycles. The lowest BCUT2D eigenvalue weighted by molar-refractivity contribution is -0.0356. The fourth-order valence-corrected chi connectivity index (χ4v) is 0.374. The molecule has 8 heavy (non-hydrogen) atoms. The number of ether oxygens (including phenoxy) is 2. The van der Waals surface area contributed by atoms with Gasteiger partial charge in [-0.25, -0.2) is 0 Å². The van der Waals surface area contributed by atoms with Crippen molar-refractivity contribution in [3.8, 4) is 0 Å². The minimum absolute atomic E-state index is 0.372. The van der Waals surface area contributed by atoms with E-state index >= 15 is 0 Å². The summed E-state index contributed by atoms with van der Waals surface area (Å²) in [6, 6.07) is 0. The van der Waals surface area contributed by atoms with E-state index in [0.717, 1.165) is 13.0 Å². The molecule has 0 rings (SSSR count). The van der Waals surface area contributed by atoms with E-state index < -0.39 is 0 Å². The van der Waals surface area contributed by atoms with Gasteiger partial charge in [0.1, 0.15) is 6.79 Å². The van der Waals surface area contributed by atoms with Crippen LogP contribution in [0.15, 0.2) is 0 Å². The molecule has 0 N–H and O–H groups in total. The van der Waals surface area contributed by atoms with Crippen molar-refractivity contribution in [2.75, 3.05) is 19.3 Å². The summed E-state index contributed by atoms with van der Waals surface area (Å²) in [5, 5.41) is 0. The highest BCUT2D eigenvalue weighted by Gasteiger charge is 1.80. The van der Waals surface area contributed by atoms with E-state index in [9.17, 15) is 0 Å². The Morgan fingerprint density at radius 2 is 2.12 bits per heavy atom. The fraction of sp³-hybridized carbons (Fsp3) is 1.00. The molecule has 0 aromatic carbocycles. The fourth-order valence-electron chi connectivity index (χ4n) is 0.299. The molecular weight excluding hydrogens is 124 g/mol. The Labute approximate surface area is 55.6 Å². The highest BCUT2D eigenvalue weighted by atomic mass is 32.1. The van der Waals surface area contributed by atoms with Crippen LogP contribution in [0.25, 0.3) is 0 Å². The summed E-state index contributed by atoms with van der Waals surface area (Å²) in [5.74, 6) is 0.434. The Hall–Kier alpha value is 0.270. The first kappa shape index (κ1) is 8.27. The third kappa shape index (κ3) is 6.27. The van der Waals surface area contributed by atoms with E-state index in [-0.39, 0.29) is 0 Å². The topological polar surface area (TPSA) is 18.5 Å². The van der Waals surface area contributed by atoms with Crippen molar-refractivity contribution in [2.45, 2.75) is 13.3 Å². The first-order valence-corrected chi connectivity index (χ1v) is 3.31. The Morgan fingerprint density at radius 1 is 1.38 bits per heavy atom. The summed E-state index contributed by atoms with van der Waals surface area (Å²) in [5.41, 5.74) is 0. The first-order chi connectivity index (χ1) is 3.91. The van der Waals surface area contributed by atoms with E-state index in [1.165, 1.54) is 0 Å². The average Bonchev–Trinajstić information content (AvgIpc) is 1.81. The zero-order valence-electron chi connectivity index (χ0n) is 5.09. The van der Waals surface area contributed by atoms with E-state index in [4.69, 9.17) is 9.47 Å². The van der Waals surface area contributed by atoms with Crippen LogP contribution >= 0.6 is 12.6 Å². The molecule has 50 valence electrons. The Bertz CT molecular complexity index is 35.4. The third-order valence-electron chi connectivity index (χ3n) is 0.606. The van der Waals surface area contributed by atoms with Gasteiger partial charge in [-0.2, -0.15) is 12.6 Å². The largest absolute Gasteiger partial charge is 0.355 e. The van der Waals surface area contributed by atoms with E-state index in [1.54, 1.807) is 0 Å². The van der Waals surface area contributed by atoms with Gasteiger partial charge in [0.05, 0.1) is 5.94 Å². The number of hydrogen-bond donors (Lipinski definition) is 1. The molecule has 0 aliphatic heterocycles. The average molecular weight is 136 g/mol. The van der Waals surface area contributed by atoms with E-state index in [0.29, 0.717) is 12.7 Å². The molecule has 0 aliphatic rings. The van der Waals surface area contributed by atoms with Crippen LogP contribution in [0.1, 0.15) is 13.3 Å². The maximum atomic E-state index is 4.95. The molecule has 0 aromatic heterocycles. The predicted octanol–water partition coefficient (Wildman–Crippen LogP) is 1.27. The van der Waals surface area contributed by atoms with Crippen LogP contribution in [0.2, 0.25) is 0 Å². The molecule has 0 spiro atoms. The molecule has 0 radical (unpaired) electrons. The zero-order valence-corrected chi connectivity index (χ0v) is 5.99. The van der Waals surface area contributed by atoms with Gasteiger partial charge in [-0.05, 0) is 6.42 Å². The van der Waals surface area contributed by atoms with Crippen LogP contribution in [0.5, 0.6) is 0 Å². The van der Waals surface area contributed by atoms with Crippen molar-refractivity contribution in [1.29, 1.82) is 0 Å². The molecule has 0 fully saturated rings. The normalized spacial score (nSPS) is 9.75. The van der Waals surface area contributed by atoms with Crippen LogP contribution in [-0.4, -0.2) is 19.3 Å². The van der Waals surface area contributed by atoms with E-state index in [2.05, 4.69) is 19.6 Å². The monoisotopic (exact) mass is 136 g/mol. The molecule has 3 heteroatoms. The maximum Gasteiger partial charge on any atom is 0.147 e. The van der Waals surface area contributed by atoms with E-state index in [1.807, 2.05) is 0 Å². The highest BCUT2D eigenvalue weighted by molar-refractivity contribution is 7.80. The first-order valence-electron chi connectivity index (χ1n) is 2.68. The molecule has 0 bridgehead atoms. The molecular formula is C5H12O2S. The lowest BCUT2D eigenvalue weighted by atomic mass is 10.5. The maximum absolute atomic E-state index is 4.95. The smallest absolute Gasteiger partial charge is 0.147 e. The van der Waals surface area contributed by atoms with Gasteiger partial charge >= 0.3 is 0 Å². The summed E-state index contributed by atoms with van der Waals surface area (Å²) in [6.07, 6.45) is 1.04. The second-order valence-electron chi connectivity index (χ2n) is 1.36. The summed E-state index contributed by atoms with van der Waals surface area (Å²) in [4.78, 5) is 0. The minimum Gasteiger partial charge on any atom is -0.355 e. The molecule has 0 saturated carbocycles. The van der Waals surface area contributed by atoms with Crippen LogP contribution in [0.3, 0.4) is 0 Å². The van der Waals surface area contributed by atoms with Crippen LogP contribution in [-0.2, 0) is 9.47 Å². The predicted molar refractivity (Wildman–Crippen MR) is 36.0 cm³/mol.